The van der Waals surface area contributed by atoms with Crippen LogP contribution < -0.4 is 4.74 Å². The van der Waals surface area contributed by atoms with Crippen molar-refractivity contribution in [2.75, 3.05) is 7.11 Å². The Morgan fingerprint density at radius 2 is 1.76 bits per heavy atom. The number of hydrogen-bond donors (Lipinski definition) is 1. The third kappa shape index (κ3) is 5.14. The predicted octanol–water partition coefficient (Wildman–Crippen LogP) is 5.18. The van der Waals surface area contributed by atoms with Crippen LogP contribution in [0.2, 0.25) is 14.8 Å². The first-order chi connectivity index (χ1) is 15.9. The first kappa shape index (κ1) is 23.5. The number of benzene rings is 2. The Labute approximate surface area is 209 Å². The van der Waals surface area contributed by atoms with Gasteiger partial charge in [-0.2, -0.15) is 0 Å². The SMILES string of the molecule is COc1ccc2c(Cc3c(Cl)cncc3Cl)nnc(-c3ccc(CC([As])C(=O)O)cc3)c2c1. The van der Waals surface area contributed by atoms with Crippen molar-refractivity contribution in [3.05, 3.63) is 81.7 Å². The Kier molecular flexibility index (Phi) is 7.18. The number of nitrogens with zero attached hydrogens (tertiary/aromatic N) is 3. The molecule has 2 aromatic heterocycles. The maximum absolute atomic E-state index is 11.1. The van der Waals surface area contributed by atoms with Crippen molar-refractivity contribution in [2.45, 2.75) is 17.5 Å². The summed E-state index contributed by atoms with van der Waals surface area (Å²) in [6, 6.07) is 13.4. The summed E-state index contributed by atoms with van der Waals surface area (Å²) in [6.07, 6.45) is 3.95. The molecule has 33 heavy (non-hydrogen) atoms. The van der Waals surface area contributed by atoms with Gasteiger partial charge in [0.1, 0.15) is 0 Å². The summed E-state index contributed by atoms with van der Waals surface area (Å²) in [5, 5.41) is 20.9. The topological polar surface area (TPSA) is 85.2 Å². The molecule has 0 aliphatic carbocycles. The van der Waals surface area contributed by atoms with E-state index in [4.69, 9.17) is 33.0 Å². The predicted molar refractivity (Wildman–Crippen MR) is 129 cm³/mol. The summed E-state index contributed by atoms with van der Waals surface area (Å²) in [5.74, 6) is -0.139. The second-order valence-electron chi connectivity index (χ2n) is 7.42. The van der Waals surface area contributed by atoms with Crippen molar-refractivity contribution in [1.29, 1.82) is 0 Å². The molecule has 2 heterocycles. The molecule has 0 amide bonds. The third-order valence-corrected chi connectivity index (χ3v) is 6.80. The first-order valence-corrected chi connectivity index (χ1v) is 11.8. The molecule has 4 aromatic rings. The molecule has 0 saturated heterocycles. The average Bonchev–Trinajstić information content (AvgIpc) is 2.81. The van der Waals surface area contributed by atoms with Crippen LogP contribution in [0.15, 0.2) is 54.9 Å². The van der Waals surface area contributed by atoms with Gasteiger partial charge in [-0.3, -0.25) is 4.98 Å². The Balaban J connectivity index is 1.77. The number of carboxylic acids is 1. The molecule has 1 N–H and O–H groups in total. The molecule has 0 spiro atoms. The number of pyridine rings is 1. The van der Waals surface area contributed by atoms with Gasteiger partial charge in [0.15, 0.2) is 0 Å². The normalized spacial score (nSPS) is 12.0. The van der Waals surface area contributed by atoms with Crippen LogP contribution in [0.25, 0.3) is 22.0 Å². The van der Waals surface area contributed by atoms with Crippen LogP contribution in [-0.2, 0) is 17.6 Å². The van der Waals surface area contributed by atoms with Gasteiger partial charge < -0.3 is 0 Å². The van der Waals surface area contributed by atoms with Gasteiger partial charge in [0.2, 0.25) is 0 Å². The molecular formula is C24H18AsCl2N3O3. The minimum atomic E-state index is -0.840. The van der Waals surface area contributed by atoms with Crippen molar-refractivity contribution in [1.82, 2.24) is 15.2 Å². The van der Waals surface area contributed by atoms with Crippen LogP contribution >= 0.6 is 23.2 Å². The molecule has 1 unspecified atom stereocenters. The fraction of sp³-hybridized carbons (Fsp3) is 0.167. The average molecular weight is 542 g/mol. The molecular weight excluding hydrogens is 524 g/mol. The molecule has 166 valence electrons. The molecule has 2 aromatic carbocycles. The fourth-order valence-corrected chi connectivity index (χ4v) is 4.48. The van der Waals surface area contributed by atoms with Gasteiger partial charge in [-0.1, -0.05) is 23.2 Å². The van der Waals surface area contributed by atoms with Crippen LogP contribution in [0.4, 0.5) is 0 Å². The van der Waals surface area contributed by atoms with Crippen molar-refractivity contribution in [3.8, 4) is 17.0 Å². The van der Waals surface area contributed by atoms with E-state index in [1.165, 1.54) is 0 Å². The zero-order valence-corrected chi connectivity index (χ0v) is 20.9. The van der Waals surface area contributed by atoms with Crippen LogP contribution in [0.5, 0.6) is 5.75 Å². The minimum absolute atomic E-state index is 0.403. The van der Waals surface area contributed by atoms with E-state index in [9.17, 15) is 4.79 Å². The van der Waals surface area contributed by atoms with E-state index in [0.29, 0.717) is 34.3 Å². The van der Waals surface area contributed by atoms with Crippen LogP contribution in [0.1, 0.15) is 16.8 Å². The molecule has 0 aliphatic heterocycles. The molecule has 1 atom stereocenters. The Morgan fingerprint density at radius 3 is 2.39 bits per heavy atom. The van der Waals surface area contributed by atoms with Gasteiger partial charge >= 0.3 is 159 Å². The van der Waals surface area contributed by atoms with Gasteiger partial charge in [-0.25, -0.2) is 0 Å². The number of carbonyl (C=O) groups is 1. The quantitative estimate of drug-likeness (QED) is 0.324. The number of methoxy groups -OCH3 is 1. The molecule has 0 aliphatic rings. The summed E-state index contributed by atoms with van der Waals surface area (Å²) < 4.78 is 4.92. The van der Waals surface area contributed by atoms with Gasteiger partial charge in [0.25, 0.3) is 0 Å². The van der Waals surface area contributed by atoms with Gasteiger partial charge in [0, 0.05) is 12.4 Å². The third-order valence-electron chi connectivity index (χ3n) is 5.30. The Hall–Kier alpha value is -2.66. The number of halogens is 2. The van der Waals surface area contributed by atoms with Crippen molar-refractivity contribution in [3.63, 3.8) is 0 Å². The van der Waals surface area contributed by atoms with E-state index in [1.807, 2.05) is 42.5 Å². The molecule has 4 rings (SSSR count). The number of hydrogen-bond acceptors (Lipinski definition) is 5. The molecule has 2 radical (unpaired) electrons. The van der Waals surface area contributed by atoms with Crippen LogP contribution in [0, 0.1) is 0 Å². The molecule has 6 nitrogen and oxygen atoms in total. The zero-order chi connectivity index (χ0) is 23.5. The van der Waals surface area contributed by atoms with Crippen LogP contribution in [-0.4, -0.2) is 50.2 Å². The van der Waals surface area contributed by atoms with E-state index < -0.39 is 10.7 Å². The summed E-state index contributed by atoms with van der Waals surface area (Å²) in [4.78, 5) is 15.1. The monoisotopic (exact) mass is 541 g/mol. The standard InChI is InChI=1S/C24H18AsCl2N3O3/c1-33-15-6-7-16-17(9-15)23(14-4-2-13(3-5-14)8-19(25)24(31)32)30-29-22(16)10-18-20(26)11-28-12-21(18)27/h2-7,9,11-12,19H,8,10H2,1H3,(H,31,32). The number of aromatic nitrogens is 3. The van der Waals surface area contributed by atoms with E-state index in [-0.39, 0.29) is 0 Å². The molecule has 9 heteroatoms. The Morgan fingerprint density at radius 1 is 1.06 bits per heavy atom. The summed E-state index contributed by atoms with van der Waals surface area (Å²) in [7, 11) is 1.61. The fourth-order valence-electron chi connectivity index (χ4n) is 3.54. The van der Waals surface area contributed by atoms with Crippen LogP contribution in [0.3, 0.4) is 0 Å². The van der Waals surface area contributed by atoms with Gasteiger partial charge in [0.05, 0.1) is 10.0 Å². The van der Waals surface area contributed by atoms with E-state index in [1.54, 1.807) is 19.5 Å². The molecule has 0 fully saturated rings. The number of rotatable bonds is 7. The van der Waals surface area contributed by atoms with E-state index in [0.717, 1.165) is 33.2 Å². The maximum atomic E-state index is 11.1. The van der Waals surface area contributed by atoms with E-state index >= 15 is 0 Å². The van der Waals surface area contributed by atoms with Gasteiger partial charge in [-0.15, -0.1) is 0 Å². The molecule has 0 bridgehead atoms. The number of ether oxygens (including phenoxy) is 1. The number of fused-ring (bicyclic) bond motifs is 1. The van der Waals surface area contributed by atoms with Gasteiger partial charge in [-0.05, 0) is 0 Å². The second-order valence-corrected chi connectivity index (χ2v) is 9.54. The summed E-state index contributed by atoms with van der Waals surface area (Å²) in [5.41, 5.74) is 3.97. The van der Waals surface area contributed by atoms with Crippen molar-refractivity contribution in [2.24, 2.45) is 0 Å². The van der Waals surface area contributed by atoms with Crippen molar-refractivity contribution < 1.29 is 14.6 Å². The summed E-state index contributed by atoms with van der Waals surface area (Å²) in [6.45, 7) is 0. The number of carboxylic acid groups (broad SMARTS) is 1. The van der Waals surface area contributed by atoms with E-state index in [2.05, 4.69) is 32.0 Å². The molecule has 0 saturated carbocycles. The second kappa shape index (κ2) is 10.1. The van der Waals surface area contributed by atoms with Crippen molar-refractivity contribution >= 4 is 56.8 Å². The summed E-state index contributed by atoms with van der Waals surface area (Å²) >= 11 is 14.8. The zero-order valence-electron chi connectivity index (χ0n) is 17.5. The Bertz CT molecular complexity index is 1310. The number of aliphatic carboxylic acids is 1. The first-order valence-electron chi connectivity index (χ1n) is 9.98.